The molecular weight excluding hydrogens is 172 g/mol. The number of halogens is 1. The van der Waals surface area contributed by atoms with Gasteiger partial charge in [-0.05, 0) is 16.3 Å². The molecule has 1 N–H and O–H groups in total. The van der Waals surface area contributed by atoms with Gasteiger partial charge in [-0.15, -0.1) is 0 Å². The zero-order valence-corrected chi connectivity index (χ0v) is 6.60. The standard InChI is InChI=1S/C6H5ClO2S/c7-10(8,9)6-4-2-1-3-5-6/h1-5H/p+1. The number of hydrogen-bond donors (Lipinski definition) is 1. The van der Waals surface area contributed by atoms with Crippen molar-refractivity contribution in [2.24, 2.45) is 0 Å². The maximum atomic E-state index is 10.7. The SMILES string of the molecule is O=[S+](O)(Cl)c1ccccc1. The molecule has 1 unspecified atom stereocenters. The molecule has 1 aromatic carbocycles. The smallest absolute Gasteiger partial charge is 0.165 e. The van der Waals surface area contributed by atoms with E-state index in [1.54, 1.807) is 18.2 Å². The van der Waals surface area contributed by atoms with Crippen LogP contribution in [0, 0.1) is 0 Å². The van der Waals surface area contributed by atoms with E-state index in [-0.39, 0.29) is 4.90 Å². The molecule has 2 nitrogen and oxygen atoms in total. The lowest BCUT2D eigenvalue weighted by Crippen LogP contribution is -1.97. The quantitative estimate of drug-likeness (QED) is 0.527. The van der Waals surface area contributed by atoms with Crippen LogP contribution in [0.2, 0.25) is 0 Å². The van der Waals surface area contributed by atoms with Gasteiger partial charge in [0.15, 0.2) is 0 Å². The van der Waals surface area contributed by atoms with E-state index in [1.807, 2.05) is 0 Å². The third-order valence-corrected chi connectivity index (χ3v) is 2.42. The molecule has 0 aromatic heterocycles. The summed E-state index contributed by atoms with van der Waals surface area (Å²) in [6.45, 7) is 0. The van der Waals surface area contributed by atoms with Crippen LogP contribution >= 0.6 is 10.7 Å². The van der Waals surface area contributed by atoms with Gasteiger partial charge in [0.05, 0.1) is 0 Å². The van der Waals surface area contributed by atoms with E-state index in [9.17, 15) is 4.21 Å². The molecular formula is C6H6ClO2S+. The fourth-order valence-electron chi connectivity index (χ4n) is 0.588. The molecule has 0 spiro atoms. The average Bonchev–Trinajstić information content (AvgIpc) is 1.88. The molecule has 0 aliphatic rings. The van der Waals surface area contributed by atoms with E-state index < -0.39 is 9.43 Å². The zero-order chi connectivity index (χ0) is 7.61. The molecule has 0 aliphatic heterocycles. The van der Waals surface area contributed by atoms with Crippen LogP contribution in [0.25, 0.3) is 0 Å². The Morgan fingerprint density at radius 1 is 1.30 bits per heavy atom. The first-order chi connectivity index (χ1) is 4.61. The average molecular weight is 178 g/mol. The highest BCUT2D eigenvalue weighted by Crippen LogP contribution is 2.19. The second kappa shape index (κ2) is 2.70. The van der Waals surface area contributed by atoms with Crippen LogP contribution < -0.4 is 0 Å². The number of rotatable bonds is 1. The molecule has 1 atom stereocenters. The van der Waals surface area contributed by atoms with Crippen LogP contribution in [0.15, 0.2) is 35.2 Å². The summed E-state index contributed by atoms with van der Waals surface area (Å²) in [5, 5.41) is 0. The zero-order valence-electron chi connectivity index (χ0n) is 5.03. The maximum absolute atomic E-state index is 10.7. The predicted molar refractivity (Wildman–Crippen MR) is 41.2 cm³/mol. The Kier molecular flexibility index (Phi) is 2.08. The fraction of sp³-hybridized carbons (Fsp3) is 0. The maximum Gasteiger partial charge on any atom is 0.348 e. The van der Waals surface area contributed by atoms with Gasteiger partial charge in [0, 0.05) is 0 Å². The highest BCUT2D eigenvalue weighted by Gasteiger charge is 2.24. The van der Waals surface area contributed by atoms with Gasteiger partial charge in [-0.3, -0.25) is 0 Å². The van der Waals surface area contributed by atoms with Crippen LogP contribution in [0.4, 0.5) is 0 Å². The van der Waals surface area contributed by atoms with Crippen LogP contribution in [-0.4, -0.2) is 4.55 Å². The monoisotopic (exact) mass is 177 g/mol. The van der Waals surface area contributed by atoms with Gasteiger partial charge >= 0.3 is 9.43 Å². The highest BCUT2D eigenvalue weighted by molar-refractivity contribution is 8.19. The Morgan fingerprint density at radius 3 is 2.10 bits per heavy atom. The Bertz CT molecular complexity index is 254. The Labute approximate surface area is 64.6 Å². The van der Waals surface area contributed by atoms with Crippen molar-refractivity contribution >= 4 is 20.1 Å². The molecule has 0 fully saturated rings. The van der Waals surface area contributed by atoms with Gasteiger partial charge in [-0.1, -0.05) is 18.2 Å². The summed E-state index contributed by atoms with van der Waals surface area (Å²) < 4.78 is 19.5. The van der Waals surface area contributed by atoms with E-state index in [4.69, 9.17) is 15.2 Å². The molecule has 0 amide bonds. The second-order valence-electron chi connectivity index (χ2n) is 1.77. The lowest BCUT2D eigenvalue weighted by Gasteiger charge is -1.90. The van der Waals surface area contributed by atoms with Crippen LogP contribution in [0.5, 0.6) is 0 Å². The van der Waals surface area contributed by atoms with Gasteiger partial charge in [-0.25, -0.2) is 0 Å². The first-order valence-corrected chi connectivity index (χ1v) is 4.96. The van der Waals surface area contributed by atoms with E-state index in [1.165, 1.54) is 12.1 Å². The van der Waals surface area contributed by atoms with Crippen molar-refractivity contribution < 1.29 is 8.76 Å². The van der Waals surface area contributed by atoms with Crippen molar-refractivity contribution in [1.82, 2.24) is 0 Å². The summed E-state index contributed by atoms with van der Waals surface area (Å²) in [6.07, 6.45) is 0. The molecule has 0 radical (unpaired) electrons. The summed E-state index contributed by atoms with van der Waals surface area (Å²) in [7, 11) is 1.86. The summed E-state index contributed by atoms with van der Waals surface area (Å²) in [6, 6.07) is 8.09. The van der Waals surface area contributed by atoms with Crippen LogP contribution in [-0.2, 0) is 13.6 Å². The first-order valence-electron chi connectivity index (χ1n) is 2.62. The molecule has 0 saturated heterocycles. The van der Waals surface area contributed by atoms with E-state index in [0.29, 0.717) is 0 Å². The molecule has 0 aliphatic carbocycles. The first kappa shape index (κ1) is 7.72. The van der Waals surface area contributed by atoms with Gasteiger partial charge in [0.2, 0.25) is 15.6 Å². The molecule has 54 valence electrons. The van der Waals surface area contributed by atoms with Crippen LogP contribution in [0.1, 0.15) is 0 Å². The number of hydrogen-bond acceptors (Lipinski definition) is 1. The molecule has 0 saturated carbocycles. The molecule has 4 heteroatoms. The van der Waals surface area contributed by atoms with Crippen molar-refractivity contribution in [1.29, 1.82) is 0 Å². The molecule has 1 aromatic rings. The summed E-state index contributed by atoms with van der Waals surface area (Å²) in [4.78, 5) is 0.247. The molecule has 1 rings (SSSR count). The Hall–Kier alpha value is -0.380. The third-order valence-electron chi connectivity index (χ3n) is 1.03. The minimum Gasteiger partial charge on any atom is -0.165 e. The lowest BCUT2D eigenvalue weighted by molar-refractivity contribution is 0.513. The summed E-state index contributed by atoms with van der Waals surface area (Å²) >= 11 is 0. The van der Waals surface area contributed by atoms with Crippen molar-refractivity contribution in [3.63, 3.8) is 0 Å². The van der Waals surface area contributed by atoms with Crippen molar-refractivity contribution in [2.45, 2.75) is 4.90 Å². The normalized spacial score (nSPS) is 16.2. The summed E-state index contributed by atoms with van der Waals surface area (Å²) in [5.74, 6) is 0. The Morgan fingerprint density at radius 2 is 1.80 bits per heavy atom. The topological polar surface area (TPSA) is 37.3 Å². The van der Waals surface area contributed by atoms with E-state index in [2.05, 4.69) is 0 Å². The van der Waals surface area contributed by atoms with Gasteiger partial charge in [0.1, 0.15) is 0 Å². The minimum atomic E-state index is -3.28. The van der Waals surface area contributed by atoms with Gasteiger partial charge in [-0.2, -0.15) is 4.55 Å². The van der Waals surface area contributed by atoms with Crippen molar-refractivity contribution in [3.8, 4) is 0 Å². The minimum absolute atomic E-state index is 0.247. The van der Waals surface area contributed by atoms with Gasteiger partial charge in [0.25, 0.3) is 0 Å². The van der Waals surface area contributed by atoms with Crippen LogP contribution in [0.3, 0.4) is 0 Å². The van der Waals surface area contributed by atoms with Crippen molar-refractivity contribution in [2.75, 3.05) is 0 Å². The number of benzene rings is 1. The predicted octanol–water partition coefficient (Wildman–Crippen LogP) is 2.17. The largest absolute Gasteiger partial charge is 0.348 e. The molecule has 0 bridgehead atoms. The van der Waals surface area contributed by atoms with Crippen molar-refractivity contribution in [3.05, 3.63) is 30.3 Å². The highest BCUT2D eigenvalue weighted by atomic mass is 35.7. The molecule has 0 heterocycles. The van der Waals surface area contributed by atoms with E-state index in [0.717, 1.165) is 0 Å². The van der Waals surface area contributed by atoms with Gasteiger partial charge < -0.3 is 0 Å². The Balaban J connectivity index is 3.09. The van der Waals surface area contributed by atoms with E-state index >= 15 is 0 Å². The fourth-order valence-corrected chi connectivity index (χ4v) is 1.39. The lowest BCUT2D eigenvalue weighted by atomic mass is 10.4. The summed E-state index contributed by atoms with van der Waals surface area (Å²) in [5.41, 5.74) is 0. The molecule has 10 heavy (non-hydrogen) atoms. The second-order valence-corrected chi connectivity index (χ2v) is 4.41. The third kappa shape index (κ3) is 1.80.